The summed E-state index contributed by atoms with van der Waals surface area (Å²) < 4.78 is 0.969. The molecule has 0 saturated carbocycles. The van der Waals surface area contributed by atoms with Gasteiger partial charge in [-0.2, -0.15) is 0 Å². The van der Waals surface area contributed by atoms with Gasteiger partial charge in [-0.1, -0.05) is 125 Å². The molecule has 1 unspecified atom stereocenters. The summed E-state index contributed by atoms with van der Waals surface area (Å²) in [4.78, 5) is 19.4. The van der Waals surface area contributed by atoms with Crippen molar-refractivity contribution in [2.75, 3.05) is 9.80 Å². The summed E-state index contributed by atoms with van der Waals surface area (Å²) in [5.74, 6) is 0.00456. The van der Waals surface area contributed by atoms with Crippen molar-refractivity contribution in [2.45, 2.75) is 11.7 Å². The molecule has 37 heavy (non-hydrogen) atoms. The van der Waals surface area contributed by atoms with Crippen molar-refractivity contribution in [1.29, 1.82) is 0 Å². The lowest BCUT2D eigenvalue weighted by Crippen LogP contribution is -2.48. The fourth-order valence-electron chi connectivity index (χ4n) is 5.44. The largest absolute Gasteiger partial charge is 0.324 e. The van der Waals surface area contributed by atoms with E-state index in [1.54, 1.807) is 0 Å². The molecule has 1 aliphatic heterocycles. The van der Waals surface area contributed by atoms with Crippen LogP contribution in [0.3, 0.4) is 0 Å². The molecule has 180 valence electrons. The maximum atomic E-state index is 15.2. The molecule has 4 heteroatoms. The summed E-state index contributed by atoms with van der Waals surface area (Å²) in [7, 11) is 0. The number of nitrogens with zero attached hydrogens (tertiary/aromatic N) is 2. The number of halogens is 1. The summed E-state index contributed by atoms with van der Waals surface area (Å²) in [5.41, 5.74) is 3.62. The standard InChI is InChI=1S/C33H25BrN2O/c34-28-21-23-29(24-22-28)35-31(25-13-5-1-6-14-25)36(30-19-11-4-12-20-30)33(32(35)37,26-15-7-2-8-16-26)27-17-9-3-10-18-27/h1-24,31H. The van der Waals surface area contributed by atoms with Gasteiger partial charge >= 0.3 is 0 Å². The highest BCUT2D eigenvalue weighted by molar-refractivity contribution is 9.10. The predicted octanol–water partition coefficient (Wildman–Crippen LogP) is 7.94. The molecule has 0 aliphatic carbocycles. The van der Waals surface area contributed by atoms with Crippen LogP contribution in [-0.2, 0) is 10.3 Å². The van der Waals surface area contributed by atoms with Crippen LogP contribution in [0.15, 0.2) is 150 Å². The molecule has 5 aromatic rings. The molecule has 6 rings (SSSR count). The molecular formula is C33H25BrN2O. The van der Waals surface area contributed by atoms with Gasteiger partial charge in [0.2, 0.25) is 0 Å². The van der Waals surface area contributed by atoms with Gasteiger partial charge in [0.25, 0.3) is 5.91 Å². The van der Waals surface area contributed by atoms with Gasteiger partial charge in [-0.05, 0) is 53.1 Å². The van der Waals surface area contributed by atoms with Crippen LogP contribution in [0.4, 0.5) is 11.4 Å². The van der Waals surface area contributed by atoms with Crippen LogP contribution in [0.25, 0.3) is 0 Å². The molecule has 3 nitrogen and oxygen atoms in total. The average molecular weight is 545 g/mol. The van der Waals surface area contributed by atoms with Crippen LogP contribution in [0, 0.1) is 0 Å². The molecule has 0 bridgehead atoms. The molecule has 5 aromatic carbocycles. The summed E-state index contributed by atoms with van der Waals surface area (Å²) in [6.07, 6.45) is -0.377. The first-order valence-electron chi connectivity index (χ1n) is 12.3. The van der Waals surface area contributed by atoms with Crippen LogP contribution >= 0.6 is 15.9 Å². The Balaban J connectivity index is 1.73. The van der Waals surface area contributed by atoms with E-state index in [0.717, 1.165) is 32.5 Å². The van der Waals surface area contributed by atoms with E-state index in [0.29, 0.717) is 0 Å². The second kappa shape index (κ2) is 9.72. The van der Waals surface area contributed by atoms with E-state index in [9.17, 15) is 0 Å². The van der Waals surface area contributed by atoms with E-state index >= 15 is 4.79 Å². The SMILES string of the molecule is O=C1N(c2ccc(Br)cc2)C(c2ccccc2)N(c2ccccc2)C1(c1ccccc1)c1ccccc1. The zero-order valence-electron chi connectivity index (χ0n) is 20.1. The monoisotopic (exact) mass is 544 g/mol. The average Bonchev–Trinajstić information content (AvgIpc) is 3.25. The minimum absolute atomic E-state index is 0.00456. The quantitative estimate of drug-likeness (QED) is 0.224. The van der Waals surface area contributed by atoms with Crippen molar-refractivity contribution < 1.29 is 4.79 Å². The third-order valence-corrected chi connectivity index (χ3v) is 7.53. The van der Waals surface area contributed by atoms with Gasteiger partial charge in [0, 0.05) is 15.8 Å². The van der Waals surface area contributed by atoms with Crippen LogP contribution in [-0.4, -0.2) is 5.91 Å². The van der Waals surface area contributed by atoms with Crippen molar-refractivity contribution in [3.63, 3.8) is 0 Å². The van der Waals surface area contributed by atoms with Crippen LogP contribution in [0.1, 0.15) is 22.9 Å². The highest BCUT2D eigenvalue weighted by Crippen LogP contribution is 2.53. The molecule has 1 fully saturated rings. The molecule has 1 atom stereocenters. The third-order valence-electron chi connectivity index (χ3n) is 7.00. The molecule has 0 N–H and O–H groups in total. The normalized spacial score (nSPS) is 16.7. The summed E-state index contributed by atoms with van der Waals surface area (Å²) >= 11 is 3.56. The smallest absolute Gasteiger partial charge is 0.264 e. The number of hydrogen-bond acceptors (Lipinski definition) is 2. The number of carbonyl (C=O) groups excluding carboxylic acids is 1. The van der Waals surface area contributed by atoms with E-state index in [1.807, 2.05) is 102 Å². The minimum Gasteiger partial charge on any atom is -0.324 e. The van der Waals surface area contributed by atoms with Gasteiger partial charge in [0.15, 0.2) is 5.54 Å². The molecule has 1 amide bonds. The van der Waals surface area contributed by atoms with Crippen LogP contribution in [0.5, 0.6) is 0 Å². The molecule has 0 aromatic heterocycles. The number of amides is 1. The number of carbonyl (C=O) groups is 1. The second-order valence-electron chi connectivity index (χ2n) is 9.08. The van der Waals surface area contributed by atoms with Gasteiger partial charge in [-0.3, -0.25) is 9.69 Å². The number of benzene rings is 5. The second-order valence-corrected chi connectivity index (χ2v) is 10.00. The van der Waals surface area contributed by atoms with E-state index in [4.69, 9.17) is 0 Å². The van der Waals surface area contributed by atoms with Crippen molar-refractivity contribution >= 4 is 33.2 Å². The zero-order valence-corrected chi connectivity index (χ0v) is 21.7. The van der Waals surface area contributed by atoms with Gasteiger partial charge in [-0.25, -0.2) is 0 Å². The van der Waals surface area contributed by atoms with Crippen molar-refractivity contribution in [3.05, 3.63) is 167 Å². The maximum absolute atomic E-state index is 15.2. The Bertz CT molecular complexity index is 1450. The van der Waals surface area contributed by atoms with Gasteiger partial charge < -0.3 is 4.90 Å². The van der Waals surface area contributed by atoms with Gasteiger partial charge in [0.1, 0.15) is 6.17 Å². The topological polar surface area (TPSA) is 23.6 Å². The number of para-hydroxylation sites is 1. The molecular weight excluding hydrogens is 520 g/mol. The predicted molar refractivity (Wildman–Crippen MR) is 153 cm³/mol. The Morgan fingerprint density at radius 1 is 0.541 bits per heavy atom. The van der Waals surface area contributed by atoms with Crippen molar-refractivity contribution in [2.24, 2.45) is 0 Å². The zero-order chi connectivity index (χ0) is 25.2. The summed E-state index contributed by atoms with van der Waals surface area (Å²) in [6, 6.07) is 48.8. The Morgan fingerprint density at radius 3 is 1.51 bits per heavy atom. The maximum Gasteiger partial charge on any atom is 0.264 e. The minimum atomic E-state index is -1.09. The molecule has 1 heterocycles. The fourth-order valence-corrected chi connectivity index (χ4v) is 5.71. The first-order valence-corrected chi connectivity index (χ1v) is 13.1. The molecule has 0 radical (unpaired) electrons. The fraction of sp³-hybridized carbons (Fsp3) is 0.0606. The van der Waals surface area contributed by atoms with Gasteiger partial charge in [-0.15, -0.1) is 0 Å². The van der Waals surface area contributed by atoms with Crippen molar-refractivity contribution in [1.82, 2.24) is 0 Å². The lowest BCUT2D eigenvalue weighted by atomic mass is 9.80. The van der Waals surface area contributed by atoms with Crippen molar-refractivity contribution in [3.8, 4) is 0 Å². The lowest BCUT2D eigenvalue weighted by Gasteiger charge is -2.41. The van der Waals surface area contributed by atoms with E-state index < -0.39 is 5.54 Å². The Hall–Kier alpha value is -4.15. The number of anilines is 2. The van der Waals surface area contributed by atoms with Crippen LogP contribution in [0.2, 0.25) is 0 Å². The summed E-state index contributed by atoms with van der Waals surface area (Å²) in [5, 5.41) is 0. The first kappa shape index (κ1) is 23.3. The number of hydrogen-bond donors (Lipinski definition) is 0. The first-order chi connectivity index (χ1) is 18.2. The molecule has 1 saturated heterocycles. The third kappa shape index (κ3) is 3.85. The van der Waals surface area contributed by atoms with E-state index in [2.05, 4.69) is 69.4 Å². The molecule has 0 spiro atoms. The highest BCUT2D eigenvalue weighted by Gasteiger charge is 2.60. The van der Waals surface area contributed by atoms with Crippen LogP contribution < -0.4 is 9.80 Å². The van der Waals surface area contributed by atoms with E-state index in [-0.39, 0.29) is 12.1 Å². The number of rotatable bonds is 5. The Morgan fingerprint density at radius 2 is 1.00 bits per heavy atom. The summed E-state index contributed by atoms with van der Waals surface area (Å²) in [6.45, 7) is 0. The Labute approximate surface area is 225 Å². The highest BCUT2D eigenvalue weighted by atomic mass is 79.9. The molecule has 1 aliphatic rings. The Kier molecular flexibility index (Phi) is 6.11. The lowest BCUT2D eigenvalue weighted by molar-refractivity contribution is -0.120. The van der Waals surface area contributed by atoms with Gasteiger partial charge in [0.05, 0.1) is 0 Å². The van der Waals surface area contributed by atoms with E-state index in [1.165, 1.54) is 0 Å².